The van der Waals surface area contributed by atoms with Gasteiger partial charge in [-0.05, 0) is 24.2 Å². The number of aromatic nitrogens is 2. The van der Waals surface area contributed by atoms with E-state index in [0.717, 1.165) is 29.9 Å². The van der Waals surface area contributed by atoms with Crippen LogP contribution in [0.5, 0.6) is 0 Å². The molecule has 0 saturated carbocycles. The first-order chi connectivity index (χ1) is 9.51. The van der Waals surface area contributed by atoms with Gasteiger partial charge in [-0.1, -0.05) is 6.92 Å². The summed E-state index contributed by atoms with van der Waals surface area (Å²) < 4.78 is 0. The highest BCUT2D eigenvalue weighted by molar-refractivity contribution is 7.99. The maximum atomic E-state index is 11.0. The number of hydrogen-bond donors (Lipinski definition) is 1. The molecule has 0 fully saturated rings. The summed E-state index contributed by atoms with van der Waals surface area (Å²) in [5.41, 5.74) is 0.297. The average molecular weight is 294 g/mol. The van der Waals surface area contributed by atoms with Crippen molar-refractivity contribution in [1.82, 2.24) is 9.97 Å². The van der Waals surface area contributed by atoms with Crippen molar-refractivity contribution in [3.05, 3.63) is 50.3 Å². The molecule has 9 heteroatoms. The molecule has 2 aromatic rings. The van der Waals surface area contributed by atoms with E-state index in [4.69, 9.17) is 0 Å². The predicted molar refractivity (Wildman–Crippen MR) is 71.8 cm³/mol. The molecule has 0 bridgehead atoms. The first-order valence-electron chi connectivity index (χ1n) is 5.65. The van der Waals surface area contributed by atoms with Crippen LogP contribution >= 0.6 is 11.8 Å². The van der Waals surface area contributed by atoms with Gasteiger partial charge >= 0.3 is 0 Å². The maximum absolute atomic E-state index is 11.0. The van der Waals surface area contributed by atoms with E-state index in [0.29, 0.717) is 10.1 Å². The predicted octanol–water partition coefficient (Wildman–Crippen LogP) is 2.94. The monoisotopic (exact) mass is 294 g/mol. The Kier molecular flexibility index (Phi) is 3.99. The number of nitrogens with zero attached hydrogens (tertiary/aromatic N) is 3. The largest absolute Gasteiger partial charge is 0.337 e. The molecule has 2 rings (SSSR count). The highest BCUT2D eigenvalue weighted by Gasteiger charge is 2.20. The topological polar surface area (TPSA) is 115 Å². The summed E-state index contributed by atoms with van der Waals surface area (Å²) in [6, 6.07) is 3.54. The van der Waals surface area contributed by atoms with Crippen LogP contribution in [0.25, 0.3) is 0 Å². The van der Waals surface area contributed by atoms with Gasteiger partial charge in [0.05, 0.1) is 20.8 Å². The fraction of sp³-hybridized carbons (Fsp3) is 0.182. The van der Waals surface area contributed by atoms with Crippen molar-refractivity contribution < 1.29 is 9.85 Å². The van der Waals surface area contributed by atoms with Crippen molar-refractivity contribution >= 4 is 23.1 Å². The Bertz CT molecular complexity index is 670. The van der Waals surface area contributed by atoms with E-state index in [1.807, 2.05) is 6.92 Å². The number of aryl methyl sites for hydroxylation is 1. The summed E-state index contributed by atoms with van der Waals surface area (Å²) in [6.07, 6.45) is 2.43. The Labute approximate surface area is 117 Å². The second kappa shape index (κ2) is 5.70. The van der Waals surface area contributed by atoms with E-state index in [9.17, 15) is 20.2 Å². The van der Waals surface area contributed by atoms with Crippen LogP contribution in [0.1, 0.15) is 12.6 Å². The molecule has 104 valence electrons. The molecule has 20 heavy (non-hydrogen) atoms. The maximum Gasteiger partial charge on any atom is 0.290 e. The van der Waals surface area contributed by atoms with Crippen molar-refractivity contribution in [1.29, 1.82) is 0 Å². The van der Waals surface area contributed by atoms with Gasteiger partial charge in [-0.25, -0.2) is 4.98 Å². The SMILES string of the molecule is CCc1cnc(Sc2ccc([N+](=O)[O-])cc2[N+](=O)[O-])[nH]1. The summed E-state index contributed by atoms with van der Waals surface area (Å²) in [5.74, 6) is 0. The van der Waals surface area contributed by atoms with E-state index in [2.05, 4.69) is 9.97 Å². The number of nitro groups is 2. The van der Waals surface area contributed by atoms with Crippen LogP contribution in [0.4, 0.5) is 11.4 Å². The Morgan fingerprint density at radius 2 is 2.05 bits per heavy atom. The molecule has 0 spiro atoms. The van der Waals surface area contributed by atoms with E-state index in [1.165, 1.54) is 12.1 Å². The molecular formula is C11H10N4O4S. The Morgan fingerprint density at radius 1 is 1.30 bits per heavy atom. The van der Waals surface area contributed by atoms with E-state index in [-0.39, 0.29) is 11.4 Å². The molecule has 0 amide bonds. The lowest BCUT2D eigenvalue weighted by Crippen LogP contribution is -1.94. The number of H-pyrrole nitrogens is 1. The Morgan fingerprint density at radius 3 is 2.60 bits per heavy atom. The van der Waals surface area contributed by atoms with Crippen LogP contribution in [-0.2, 0) is 6.42 Å². The first kappa shape index (κ1) is 14.0. The zero-order valence-corrected chi connectivity index (χ0v) is 11.2. The van der Waals surface area contributed by atoms with Crippen molar-refractivity contribution in [3.8, 4) is 0 Å². The number of nitro benzene ring substituents is 2. The van der Waals surface area contributed by atoms with E-state index in [1.54, 1.807) is 6.20 Å². The third-order valence-corrected chi connectivity index (χ3v) is 3.51. The van der Waals surface area contributed by atoms with Crippen LogP contribution in [0.2, 0.25) is 0 Å². The van der Waals surface area contributed by atoms with Gasteiger partial charge in [0.2, 0.25) is 0 Å². The van der Waals surface area contributed by atoms with Crippen molar-refractivity contribution in [3.63, 3.8) is 0 Å². The zero-order valence-electron chi connectivity index (χ0n) is 10.4. The number of imidazole rings is 1. The second-order valence-corrected chi connectivity index (χ2v) is 4.87. The van der Waals surface area contributed by atoms with Gasteiger partial charge in [0.25, 0.3) is 11.4 Å². The van der Waals surface area contributed by atoms with Crippen LogP contribution in [0.3, 0.4) is 0 Å². The van der Waals surface area contributed by atoms with Crippen LogP contribution in [-0.4, -0.2) is 19.8 Å². The third kappa shape index (κ3) is 2.94. The molecule has 0 aliphatic rings. The molecular weight excluding hydrogens is 284 g/mol. The fourth-order valence-corrected chi connectivity index (χ4v) is 2.39. The number of non-ortho nitro benzene ring substituents is 1. The van der Waals surface area contributed by atoms with Crippen molar-refractivity contribution in [2.24, 2.45) is 0 Å². The molecule has 0 aliphatic heterocycles. The molecule has 8 nitrogen and oxygen atoms in total. The second-order valence-electron chi connectivity index (χ2n) is 3.84. The minimum atomic E-state index is -0.663. The molecule has 0 aliphatic carbocycles. The van der Waals surface area contributed by atoms with Gasteiger partial charge in [0.15, 0.2) is 5.16 Å². The molecule has 1 N–H and O–H groups in total. The average Bonchev–Trinajstić information content (AvgIpc) is 2.86. The Balaban J connectivity index is 2.35. The minimum absolute atomic E-state index is 0.303. The molecule has 0 radical (unpaired) electrons. The molecule has 0 saturated heterocycles. The van der Waals surface area contributed by atoms with Crippen LogP contribution in [0, 0.1) is 20.2 Å². The summed E-state index contributed by atoms with van der Waals surface area (Å²) in [4.78, 5) is 27.7. The summed E-state index contributed by atoms with van der Waals surface area (Å²) >= 11 is 1.07. The van der Waals surface area contributed by atoms with Gasteiger partial charge in [0.1, 0.15) is 0 Å². The van der Waals surface area contributed by atoms with Crippen molar-refractivity contribution in [2.45, 2.75) is 23.4 Å². The summed E-state index contributed by atoms with van der Waals surface area (Å²) in [6.45, 7) is 1.95. The molecule has 1 aromatic carbocycles. The van der Waals surface area contributed by atoms with Gasteiger partial charge in [-0.3, -0.25) is 20.2 Å². The minimum Gasteiger partial charge on any atom is -0.337 e. The molecule has 0 unspecified atom stereocenters. The molecule has 1 aromatic heterocycles. The van der Waals surface area contributed by atoms with E-state index < -0.39 is 9.85 Å². The van der Waals surface area contributed by atoms with Crippen LogP contribution < -0.4 is 0 Å². The first-order valence-corrected chi connectivity index (χ1v) is 6.47. The molecule has 0 atom stereocenters. The lowest BCUT2D eigenvalue weighted by Gasteiger charge is -2.00. The highest BCUT2D eigenvalue weighted by atomic mass is 32.2. The van der Waals surface area contributed by atoms with Gasteiger partial charge < -0.3 is 4.98 Å². The highest BCUT2D eigenvalue weighted by Crippen LogP contribution is 2.35. The fourth-order valence-electron chi connectivity index (χ4n) is 1.52. The number of benzene rings is 1. The number of nitrogens with one attached hydrogen (secondary N) is 1. The lowest BCUT2D eigenvalue weighted by atomic mass is 10.3. The number of rotatable bonds is 5. The quantitative estimate of drug-likeness (QED) is 0.669. The lowest BCUT2D eigenvalue weighted by molar-refractivity contribution is -0.396. The summed E-state index contributed by atoms with van der Waals surface area (Å²) in [5, 5.41) is 22.1. The van der Waals surface area contributed by atoms with Gasteiger partial charge in [-0.15, -0.1) is 0 Å². The normalized spacial score (nSPS) is 10.4. The number of aromatic amines is 1. The third-order valence-electron chi connectivity index (χ3n) is 2.54. The molecule has 1 heterocycles. The van der Waals surface area contributed by atoms with Gasteiger partial charge in [-0.2, -0.15) is 0 Å². The Hall–Kier alpha value is -2.42. The zero-order chi connectivity index (χ0) is 14.7. The smallest absolute Gasteiger partial charge is 0.290 e. The van der Waals surface area contributed by atoms with Gasteiger partial charge in [0, 0.05) is 18.0 Å². The van der Waals surface area contributed by atoms with E-state index >= 15 is 0 Å². The van der Waals surface area contributed by atoms with Crippen molar-refractivity contribution in [2.75, 3.05) is 0 Å². The summed E-state index contributed by atoms with van der Waals surface area (Å²) in [7, 11) is 0. The standard InChI is InChI=1S/C11H10N4O4S/c1-2-7-6-12-11(13-7)20-10-4-3-8(14(16)17)5-9(10)15(18)19/h3-6H,2H2,1H3,(H,12,13). The van der Waals surface area contributed by atoms with Crippen LogP contribution in [0.15, 0.2) is 34.4 Å². The number of hydrogen-bond acceptors (Lipinski definition) is 6.